The number of fused-ring (bicyclic) bond motifs is 2. The van der Waals surface area contributed by atoms with Gasteiger partial charge in [-0.05, 0) is 18.2 Å². The Hall–Kier alpha value is -3.73. The van der Waals surface area contributed by atoms with Crippen molar-refractivity contribution in [3.63, 3.8) is 0 Å². The summed E-state index contributed by atoms with van der Waals surface area (Å²) in [7, 11) is -2.11. The zero-order valence-corrected chi connectivity index (χ0v) is 18.9. The predicted molar refractivity (Wildman–Crippen MR) is 122 cm³/mol. The molecule has 0 unspecified atom stereocenters. The monoisotopic (exact) mass is 485 g/mol. The highest BCUT2D eigenvalue weighted by atomic mass is 32.2. The van der Waals surface area contributed by atoms with Crippen molar-refractivity contribution in [3.8, 4) is 22.8 Å². The van der Waals surface area contributed by atoms with Gasteiger partial charge >= 0.3 is 6.18 Å². The van der Waals surface area contributed by atoms with Crippen molar-refractivity contribution in [3.05, 3.63) is 60.4 Å². The summed E-state index contributed by atoms with van der Waals surface area (Å²) in [5.41, 5.74) is 1.47. The lowest BCUT2D eigenvalue weighted by Crippen LogP contribution is -2.07. The zero-order valence-electron chi connectivity index (χ0n) is 18.1. The Balaban J connectivity index is 1.77. The van der Waals surface area contributed by atoms with E-state index < -0.39 is 21.7 Å². The molecule has 3 aromatic heterocycles. The second kappa shape index (κ2) is 7.66. The highest BCUT2D eigenvalue weighted by Gasteiger charge is 2.33. The summed E-state index contributed by atoms with van der Waals surface area (Å²) in [6.45, 7) is 1.53. The Morgan fingerprint density at radius 2 is 1.76 bits per heavy atom. The Morgan fingerprint density at radius 1 is 1.03 bits per heavy atom. The van der Waals surface area contributed by atoms with Crippen molar-refractivity contribution >= 4 is 31.9 Å². The largest absolute Gasteiger partial charge is 0.433 e. The van der Waals surface area contributed by atoms with Gasteiger partial charge in [0.25, 0.3) is 0 Å². The number of imidazole rings is 2. The van der Waals surface area contributed by atoms with Crippen molar-refractivity contribution in [2.75, 3.05) is 5.75 Å². The van der Waals surface area contributed by atoms with Crippen LogP contribution in [0, 0.1) is 0 Å². The van der Waals surface area contributed by atoms with Gasteiger partial charge in [0.2, 0.25) is 0 Å². The molecule has 0 aliphatic carbocycles. The number of hydrogen-bond donors (Lipinski definition) is 1. The molecule has 11 heteroatoms. The van der Waals surface area contributed by atoms with Crippen molar-refractivity contribution in [2.24, 2.45) is 7.05 Å². The number of nitrogens with zero attached hydrogens (tertiary/aromatic N) is 4. The van der Waals surface area contributed by atoms with Gasteiger partial charge in [0, 0.05) is 18.2 Å². The van der Waals surface area contributed by atoms with E-state index in [1.165, 1.54) is 17.6 Å². The fourth-order valence-corrected chi connectivity index (χ4v) is 4.93. The van der Waals surface area contributed by atoms with E-state index in [4.69, 9.17) is 0 Å². The Bertz CT molecular complexity index is 1660. The van der Waals surface area contributed by atoms with Gasteiger partial charge in [-0.15, -0.1) is 0 Å². The molecule has 174 valence electrons. The van der Waals surface area contributed by atoms with Gasteiger partial charge in [0.05, 0.1) is 38.9 Å². The highest BCUT2D eigenvalue weighted by molar-refractivity contribution is 7.91. The Labute approximate surface area is 192 Å². The van der Waals surface area contributed by atoms with Crippen LogP contribution in [0.2, 0.25) is 0 Å². The minimum absolute atomic E-state index is 0.0102. The normalized spacial score (nSPS) is 12.6. The number of halogens is 3. The predicted octanol–water partition coefficient (Wildman–Crippen LogP) is 4.99. The lowest BCUT2D eigenvalue weighted by molar-refractivity contribution is -0.141. The van der Waals surface area contributed by atoms with Crippen LogP contribution in [0.3, 0.4) is 0 Å². The molecule has 0 aliphatic heterocycles. The molecule has 0 amide bonds. The molecule has 0 saturated heterocycles. The first-order valence-corrected chi connectivity index (χ1v) is 12.0. The average molecular weight is 485 g/mol. The van der Waals surface area contributed by atoms with E-state index in [0.717, 1.165) is 17.8 Å². The van der Waals surface area contributed by atoms with Crippen LogP contribution < -0.4 is 0 Å². The van der Waals surface area contributed by atoms with Gasteiger partial charge in [-0.25, -0.2) is 23.4 Å². The molecule has 0 spiro atoms. The lowest BCUT2D eigenvalue weighted by atomic mass is 10.2. The maximum Gasteiger partial charge on any atom is 0.433 e. The molecule has 5 aromatic rings. The molecule has 3 heterocycles. The Kier molecular flexibility index (Phi) is 4.97. The maximum atomic E-state index is 13.1. The minimum Gasteiger partial charge on any atom is -0.338 e. The Morgan fingerprint density at radius 3 is 2.44 bits per heavy atom. The molecule has 0 saturated carbocycles. The molecule has 0 radical (unpaired) electrons. The molecule has 2 aromatic carbocycles. The number of sulfone groups is 1. The number of aryl methyl sites for hydroxylation is 1. The summed E-state index contributed by atoms with van der Waals surface area (Å²) in [6, 6.07) is 13.3. The third-order valence-corrected chi connectivity index (χ3v) is 7.41. The summed E-state index contributed by atoms with van der Waals surface area (Å²) < 4.78 is 66.9. The first kappa shape index (κ1) is 22.1. The maximum absolute atomic E-state index is 13.1. The van der Waals surface area contributed by atoms with Crippen LogP contribution in [0.1, 0.15) is 12.6 Å². The summed E-state index contributed by atoms with van der Waals surface area (Å²) in [4.78, 5) is 15.6. The number of aromatic nitrogens is 5. The second-order valence-electron chi connectivity index (χ2n) is 7.77. The molecule has 0 bridgehead atoms. The van der Waals surface area contributed by atoms with Crippen LogP contribution in [0.25, 0.3) is 44.8 Å². The van der Waals surface area contributed by atoms with Crippen LogP contribution >= 0.6 is 0 Å². The third-order valence-electron chi connectivity index (χ3n) is 5.64. The topological polar surface area (TPSA) is 93.5 Å². The van der Waals surface area contributed by atoms with E-state index in [1.54, 1.807) is 13.1 Å². The fraction of sp³-hybridized carbons (Fsp3) is 0.174. The minimum atomic E-state index is -4.62. The van der Waals surface area contributed by atoms with Crippen LogP contribution in [0.5, 0.6) is 0 Å². The number of alkyl halides is 3. The van der Waals surface area contributed by atoms with Gasteiger partial charge in [-0.3, -0.25) is 0 Å². The quantitative estimate of drug-likeness (QED) is 0.387. The van der Waals surface area contributed by atoms with Crippen molar-refractivity contribution in [2.45, 2.75) is 18.0 Å². The van der Waals surface area contributed by atoms with Gasteiger partial charge in [-0.1, -0.05) is 37.3 Å². The van der Waals surface area contributed by atoms with Crippen molar-refractivity contribution < 1.29 is 21.6 Å². The SMILES string of the molecule is CCS(=O)(=O)c1cc2nc(-c3ccccc3)[nH]c2cc1-c1nc2cc(C(F)(F)F)ncc2n1C. The van der Waals surface area contributed by atoms with Crippen LogP contribution in [0.15, 0.2) is 59.6 Å². The average Bonchev–Trinajstić information content (AvgIpc) is 3.38. The number of hydrogen-bond acceptors (Lipinski definition) is 5. The van der Waals surface area contributed by atoms with Crippen molar-refractivity contribution in [1.82, 2.24) is 24.5 Å². The van der Waals surface area contributed by atoms with Crippen molar-refractivity contribution in [1.29, 1.82) is 0 Å². The number of H-pyrrole nitrogens is 1. The first-order valence-electron chi connectivity index (χ1n) is 10.3. The summed E-state index contributed by atoms with van der Waals surface area (Å²) in [5.74, 6) is 0.614. The third kappa shape index (κ3) is 3.61. The lowest BCUT2D eigenvalue weighted by Gasteiger charge is -2.10. The van der Waals surface area contributed by atoms with Gasteiger partial charge < -0.3 is 9.55 Å². The van der Waals surface area contributed by atoms with Crippen LogP contribution in [-0.2, 0) is 23.1 Å². The number of pyridine rings is 1. The molecule has 34 heavy (non-hydrogen) atoms. The number of rotatable bonds is 4. The molecular weight excluding hydrogens is 467 g/mol. The van der Waals surface area contributed by atoms with E-state index in [-0.39, 0.29) is 27.6 Å². The van der Waals surface area contributed by atoms with Gasteiger partial charge in [0.15, 0.2) is 9.84 Å². The molecule has 7 nitrogen and oxygen atoms in total. The second-order valence-corrected chi connectivity index (χ2v) is 10.0. The molecule has 0 atom stereocenters. The first-order chi connectivity index (χ1) is 16.1. The van der Waals surface area contributed by atoms with E-state index in [9.17, 15) is 21.6 Å². The smallest absolute Gasteiger partial charge is 0.338 e. The standard InChI is InChI=1S/C23H18F3N5O2S/c1-3-34(32,33)19-10-16-15(28-21(29-16)13-7-5-4-6-8-13)9-14(19)22-30-17-11-20(23(24,25)26)27-12-18(17)31(22)2/h4-12H,3H2,1-2H3,(H,28,29). The van der Waals surface area contributed by atoms with Gasteiger partial charge in [0.1, 0.15) is 17.3 Å². The van der Waals surface area contributed by atoms with Crippen LogP contribution in [0.4, 0.5) is 13.2 Å². The highest BCUT2D eigenvalue weighted by Crippen LogP contribution is 2.35. The molecule has 0 fully saturated rings. The van der Waals surface area contributed by atoms with E-state index in [2.05, 4.69) is 19.9 Å². The van der Waals surface area contributed by atoms with E-state index >= 15 is 0 Å². The molecular formula is C23H18F3N5O2S. The number of nitrogens with one attached hydrogen (secondary N) is 1. The summed E-state index contributed by atoms with van der Waals surface area (Å²) >= 11 is 0. The summed E-state index contributed by atoms with van der Waals surface area (Å²) in [6.07, 6.45) is -3.53. The van der Waals surface area contributed by atoms with E-state index in [0.29, 0.717) is 22.4 Å². The summed E-state index contributed by atoms with van der Waals surface area (Å²) in [5, 5.41) is 0. The fourth-order valence-electron chi connectivity index (χ4n) is 3.84. The van der Waals surface area contributed by atoms with Gasteiger partial charge in [-0.2, -0.15) is 13.2 Å². The van der Waals surface area contributed by atoms with Crippen LogP contribution in [-0.4, -0.2) is 38.7 Å². The molecule has 5 rings (SSSR count). The molecule has 1 N–H and O–H groups in total. The number of aromatic amines is 1. The van der Waals surface area contributed by atoms with E-state index in [1.807, 2.05) is 30.3 Å². The molecule has 0 aliphatic rings. The zero-order chi connectivity index (χ0) is 24.3. The number of benzene rings is 2.